The van der Waals surface area contributed by atoms with Crippen LogP contribution < -0.4 is 10.2 Å². The first-order valence-electron chi connectivity index (χ1n) is 7.81. The summed E-state index contributed by atoms with van der Waals surface area (Å²) in [6.45, 7) is 1.96. The molecule has 2 aromatic rings. The molecule has 1 aromatic heterocycles. The van der Waals surface area contributed by atoms with Crippen LogP contribution in [0, 0.1) is 0 Å². The maximum absolute atomic E-state index is 13.1. The van der Waals surface area contributed by atoms with E-state index in [1.54, 1.807) is 0 Å². The molecular formula is C17H15ClF3N3O2. The molecule has 5 nitrogen and oxygen atoms in total. The summed E-state index contributed by atoms with van der Waals surface area (Å²) in [6.07, 6.45) is -3.16. The fourth-order valence-electron chi connectivity index (χ4n) is 2.61. The van der Waals surface area contributed by atoms with Crippen molar-refractivity contribution in [2.45, 2.75) is 6.18 Å². The molecule has 138 valence electrons. The molecule has 1 amide bonds. The van der Waals surface area contributed by atoms with Crippen LogP contribution >= 0.6 is 11.6 Å². The number of anilines is 2. The summed E-state index contributed by atoms with van der Waals surface area (Å²) in [5.74, 6) is -0.638. The van der Waals surface area contributed by atoms with Crippen molar-refractivity contribution in [2.75, 3.05) is 36.5 Å². The third-order valence-electron chi connectivity index (χ3n) is 3.88. The van der Waals surface area contributed by atoms with Crippen molar-refractivity contribution in [3.8, 4) is 0 Å². The minimum atomic E-state index is -4.52. The third-order valence-corrected chi connectivity index (χ3v) is 4.11. The standard InChI is InChI=1S/C17H15ClF3N3O2/c18-12-3-4-22-14(10-12)16(25)23-13-9-11(17(19,20)21)1-2-15(13)24-5-7-26-8-6-24/h1-4,9-10H,5-8H2,(H,23,25). The Balaban J connectivity index is 1.94. The molecule has 9 heteroatoms. The number of aromatic nitrogens is 1. The highest BCUT2D eigenvalue weighted by atomic mass is 35.5. The van der Waals surface area contributed by atoms with Crippen LogP contribution in [-0.4, -0.2) is 37.2 Å². The van der Waals surface area contributed by atoms with E-state index in [2.05, 4.69) is 10.3 Å². The Bertz CT molecular complexity index is 808. The molecule has 0 saturated carbocycles. The maximum Gasteiger partial charge on any atom is 0.416 e. The van der Waals surface area contributed by atoms with Gasteiger partial charge in [0.15, 0.2) is 0 Å². The van der Waals surface area contributed by atoms with E-state index in [9.17, 15) is 18.0 Å². The monoisotopic (exact) mass is 385 g/mol. The summed E-state index contributed by atoms with van der Waals surface area (Å²) in [6, 6.07) is 6.13. The van der Waals surface area contributed by atoms with Gasteiger partial charge in [-0.05, 0) is 30.3 Å². The average molecular weight is 386 g/mol. The molecule has 26 heavy (non-hydrogen) atoms. The van der Waals surface area contributed by atoms with Crippen LogP contribution in [0.25, 0.3) is 0 Å². The van der Waals surface area contributed by atoms with Gasteiger partial charge in [-0.2, -0.15) is 13.2 Å². The van der Waals surface area contributed by atoms with E-state index in [4.69, 9.17) is 16.3 Å². The number of rotatable bonds is 3. The first kappa shape index (κ1) is 18.5. The predicted octanol–water partition coefficient (Wildman–Crippen LogP) is 3.84. The molecule has 0 atom stereocenters. The van der Waals surface area contributed by atoms with Gasteiger partial charge >= 0.3 is 6.18 Å². The Morgan fingerprint density at radius 2 is 1.92 bits per heavy atom. The fraction of sp³-hybridized carbons (Fsp3) is 0.294. The molecule has 1 saturated heterocycles. The molecule has 0 spiro atoms. The van der Waals surface area contributed by atoms with Gasteiger partial charge in [-0.1, -0.05) is 11.6 Å². The smallest absolute Gasteiger partial charge is 0.378 e. The largest absolute Gasteiger partial charge is 0.416 e. The Hall–Kier alpha value is -2.32. The van der Waals surface area contributed by atoms with Gasteiger partial charge in [0.05, 0.1) is 30.2 Å². The molecular weight excluding hydrogens is 371 g/mol. The van der Waals surface area contributed by atoms with Gasteiger partial charge in [-0.3, -0.25) is 9.78 Å². The van der Waals surface area contributed by atoms with Crippen LogP contribution in [0.1, 0.15) is 16.1 Å². The lowest BCUT2D eigenvalue weighted by Gasteiger charge is -2.31. The molecule has 3 rings (SSSR count). The Labute approximate surface area is 152 Å². The minimum absolute atomic E-state index is 0.0165. The van der Waals surface area contributed by atoms with E-state index in [1.807, 2.05) is 4.90 Å². The van der Waals surface area contributed by atoms with Crippen LogP contribution in [0.4, 0.5) is 24.5 Å². The molecule has 1 aliphatic rings. The van der Waals surface area contributed by atoms with E-state index >= 15 is 0 Å². The van der Waals surface area contributed by atoms with Gasteiger partial charge in [-0.25, -0.2) is 0 Å². The Morgan fingerprint density at radius 1 is 1.19 bits per heavy atom. The Morgan fingerprint density at radius 3 is 2.58 bits per heavy atom. The highest BCUT2D eigenvalue weighted by Crippen LogP contribution is 2.36. The van der Waals surface area contributed by atoms with Gasteiger partial charge < -0.3 is 15.0 Å². The zero-order valence-electron chi connectivity index (χ0n) is 13.5. The number of alkyl halides is 3. The zero-order chi connectivity index (χ0) is 18.7. The molecule has 1 aromatic carbocycles. The predicted molar refractivity (Wildman–Crippen MR) is 91.7 cm³/mol. The number of halogens is 4. The van der Waals surface area contributed by atoms with Gasteiger partial charge in [0.1, 0.15) is 5.69 Å². The Kier molecular flexibility index (Phi) is 5.33. The van der Waals surface area contributed by atoms with E-state index in [0.29, 0.717) is 37.0 Å². The summed E-state index contributed by atoms with van der Waals surface area (Å²) >= 11 is 5.84. The number of hydrogen-bond donors (Lipinski definition) is 1. The topological polar surface area (TPSA) is 54.5 Å². The number of nitrogens with one attached hydrogen (secondary N) is 1. The summed E-state index contributed by atoms with van der Waals surface area (Å²) in [4.78, 5) is 18.2. The number of benzene rings is 1. The molecule has 0 aliphatic carbocycles. The molecule has 1 N–H and O–H groups in total. The van der Waals surface area contributed by atoms with Crippen molar-refractivity contribution in [3.05, 3.63) is 52.8 Å². The number of morpholine rings is 1. The van der Waals surface area contributed by atoms with Crippen LogP contribution in [0.15, 0.2) is 36.5 Å². The quantitative estimate of drug-likeness (QED) is 0.872. The summed E-state index contributed by atoms with van der Waals surface area (Å²) < 4.78 is 44.5. The van der Waals surface area contributed by atoms with Gasteiger partial charge in [0.2, 0.25) is 0 Å². The first-order chi connectivity index (χ1) is 12.3. The molecule has 1 aliphatic heterocycles. The van der Waals surface area contributed by atoms with Crippen LogP contribution in [0.5, 0.6) is 0 Å². The molecule has 0 bridgehead atoms. The number of pyridine rings is 1. The van der Waals surface area contributed by atoms with Gasteiger partial charge in [0, 0.05) is 24.3 Å². The van der Waals surface area contributed by atoms with E-state index in [-0.39, 0.29) is 11.4 Å². The lowest BCUT2D eigenvalue weighted by Crippen LogP contribution is -2.37. The number of amides is 1. The number of ether oxygens (including phenoxy) is 1. The van der Waals surface area contributed by atoms with Crippen molar-refractivity contribution in [1.29, 1.82) is 0 Å². The SMILES string of the molecule is O=C(Nc1cc(C(F)(F)F)ccc1N1CCOCC1)c1cc(Cl)ccn1. The highest BCUT2D eigenvalue weighted by Gasteiger charge is 2.32. The second-order valence-corrected chi connectivity index (χ2v) is 6.08. The highest BCUT2D eigenvalue weighted by molar-refractivity contribution is 6.31. The summed E-state index contributed by atoms with van der Waals surface area (Å²) in [5.41, 5.74) is -0.267. The molecule has 1 fully saturated rings. The number of carbonyl (C=O) groups is 1. The maximum atomic E-state index is 13.1. The van der Waals surface area contributed by atoms with Crippen molar-refractivity contribution < 1.29 is 22.7 Å². The lowest BCUT2D eigenvalue weighted by atomic mass is 10.1. The van der Waals surface area contributed by atoms with E-state index in [0.717, 1.165) is 12.1 Å². The average Bonchev–Trinajstić information content (AvgIpc) is 2.61. The van der Waals surface area contributed by atoms with Crippen LogP contribution in [0.3, 0.4) is 0 Å². The number of nitrogens with zero attached hydrogens (tertiary/aromatic N) is 2. The molecule has 0 radical (unpaired) electrons. The van der Waals surface area contributed by atoms with Crippen molar-refractivity contribution in [3.63, 3.8) is 0 Å². The normalized spacial score (nSPS) is 15.0. The van der Waals surface area contributed by atoms with Crippen molar-refractivity contribution >= 4 is 28.9 Å². The van der Waals surface area contributed by atoms with Crippen molar-refractivity contribution in [2.24, 2.45) is 0 Å². The third kappa shape index (κ3) is 4.25. The second kappa shape index (κ2) is 7.51. The van der Waals surface area contributed by atoms with Gasteiger partial charge in [0.25, 0.3) is 5.91 Å². The fourth-order valence-corrected chi connectivity index (χ4v) is 2.77. The van der Waals surface area contributed by atoms with Crippen LogP contribution in [-0.2, 0) is 10.9 Å². The van der Waals surface area contributed by atoms with Crippen LogP contribution in [0.2, 0.25) is 5.02 Å². The summed E-state index contributed by atoms with van der Waals surface area (Å²) in [5, 5.41) is 2.83. The lowest BCUT2D eigenvalue weighted by molar-refractivity contribution is -0.137. The van der Waals surface area contributed by atoms with Crippen molar-refractivity contribution in [1.82, 2.24) is 4.98 Å². The first-order valence-corrected chi connectivity index (χ1v) is 8.19. The molecule has 0 unspecified atom stereocenters. The van der Waals surface area contributed by atoms with E-state index < -0.39 is 17.6 Å². The number of hydrogen-bond acceptors (Lipinski definition) is 4. The number of carbonyl (C=O) groups excluding carboxylic acids is 1. The van der Waals surface area contributed by atoms with Gasteiger partial charge in [-0.15, -0.1) is 0 Å². The second-order valence-electron chi connectivity index (χ2n) is 5.64. The molecule has 2 heterocycles. The minimum Gasteiger partial charge on any atom is -0.378 e. The summed E-state index contributed by atoms with van der Waals surface area (Å²) in [7, 11) is 0. The van der Waals surface area contributed by atoms with E-state index in [1.165, 1.54) is 24.4 Å². The zero-order valence-corrected chi connectivity index (χ0v) is 14.3.